The molecule has 0 aliphatic rings. The lowest BCUT2D eigenvalue weighted by molar-refractivity contribution is -0.135. The number of carbonyl (C=O) groups excluding carboxylic acids is 1. The number of nitrogens with one attached hydrogen (secondary N) is 1. The summed E-state index contributed by atoms with van der Waals surface area (Å²) in [5, 5.41) is 2.21. The van der Waals surface area contributed by atoms with Gasteiger partial charge >= 0.3 is 6.18 Å². The Balaban J connectivity index is 3.15. The van der Waals surface area contributed by atoms with Crippen LogP contribution in [0.2, 0.25) is 0 Å². The summed E-state index contributed by atoms with van der Waals surface area (Å²) in [5.41, 5.74) is 5.86. The van der Waals surface area contributed by atoms with Gasteiger partial charge < -0.3 is 5.73 Å². The van der Waals surface area contributed by atoms with Crippen LogP contribution in [0.5, 0.6) is 0 Å². The normalized spacial score (nSPS) is 15.1. The third kappa shape index (κ3) is 3.96. The van der Waals surface area contributed by atoms with Gasteiger partial charge in [0, 0.05) is 0 Å². The van der Waals surface area contributed by atoms with E-state index < -0.39 is 24.2 Å². The zero-order valence-electron chi connectivity index (χ0n) is 11.1. The van der Waals surface area contributed by atoms with Gasteiger partial charge in [-0.2, -0.15) is 13.2 Å². The Morgan fingerprint density at radius 3 is 2.05 bits per heavy atom. The highest BCUT2D eigenvalue weighted by Crippen LogP contribution is 2.25. The monoisotopic (exact) mass is 274 g/mol. The molecule has 0 aliphatic heterocycles. The van der Waals surface area contributed by atoms with E-state index in [4.69, 9.17) is 5.73 Å². The molecule has 0 saturated carbocycles. The smallest absolute Gasteiger partial charge is 0.368 e. The molecule has 1 aromatic rings. The molecule has 106 valence electrons. The fourth-order valence-electron chi connectivity index (χ4n) is 1.87. The van der Waals surface area contributed by atoms with Gasteiger partial charge in [0.2, 0.25) is 5.91 Å². The molecular formula is C13H17F3N2O. The molecule has 0 radical (unpaired) electrons. The van der Waals surface area contributed by atoms with Crippen molar-refractivity contribution >= 4 is 5.91 Å². The number of primary amides is 1. The van der Waals surface area contributed by atoms with E-state index in [1.807, 2.05) is 19.9 Å². The van der Waals surface area contributed by atoms with Gasteiger partial charge in [-0.1, -0.05) is 29.3 Å². The van der Waals surface area contributed by atoms with Crippen LogP contribution in [0, 0.1) is 13.8 Å². The van der Waals surface area contributed by atoms with Crippen LogP contribution in [0.4, 0.5) is 13.2 Å². The van der Waals surface area contributed by atoms with E-state index in [9.17, 15) is 18.0 Å². The average Bonchev–Trinajstić information content (AvgIpc) is 2.23. The third-order valence-corrected chi connectivity index (χ3v) is 2.93. The Labute approximate surface area is 110 Å². The van der Waals surface area contributed by atoms with Crippen LogP contribution < -0.4 is 11.1 Å². The number of amides is 1. The molecule has 1 rings (SSSR count). The molecule has 0 bridgehead atoms. The first kappa shape index (κ1) is 15.5. The van der Waals surface area contributed by atoms with E-state index in [1.54, 1.807) is 12.1 Å². The van der Waals surface area contributed by atoms with Crippen LogP contribution >= 0.6 is 0 Å². The first-order chi connectivity index (χ1) is 8.54. The Morgan fingerprint density at radius 1 is 1.21 bits per heavy atom. The molecule has 3 nitrogen and oxygen atoms in total. The van der Waals surface area contributed by atoms with Crippen LogP contribution in [0.3, 0.4) is 0 Å². The molecule has 1 amide bonds. The van der Waals surface area contributed by atoms with Crippen LogP contribution in [-0.4, -0.2) is 18.6 Å². The Hall–Kier alpha value is -1.56. The number of benzene rings is 1. The first-order valence-corrected chi connectivity index (χ1v) is 5.75. The van der Waals surface area contributed by atoms with E-state index in [1.165, 1.54) is 6.92 Å². The highest BCUT2D eigenvalue weighted by molar-refractivity contribution is 5.85. The first-order valence-electron chi connectivity index (χ1n) is 5.75. The molecule has 19 heavy (non-hydrogen) atoms. The predicted molar refractivity (Wildman–Crippen MR) is 66.5 cm³/mol. The lowest BCUT2D eigenvalue weighted by Gasteiger charge is -2.29. The Bertz CT molecular complexity index is 465. The van der Waals surface area contributed by atoms with Crippen LogP contribution in [0.15, 0.2) is 18.2 Å². The lowest BCUT2D eigenvalue weighted by atomic mass is 9.89. The largest absolute Gasteiger partial charge is 0.401 e. The third-order valence-electron chi connectivity index (χ3n) is 2.93. The molecule has 0 saturated heterocycles. The maximum atomic E-state index is 12.3. The topological polar surface area (TPSA) is 55.1 Å². The standard InChI is InChI=1S/C13H17F3N2O/c1-8-4-9(2)6-10(5-8)12(3,11(17)19)18-7-13(14,15)16/h4-6,18H,7H2,1-3H3,(H2,17,19). The van der Waals surface area contributed by atoms with E-state index in [-0.39, 0.29) is 0 Å². The second kappa shape index (κ2) is 5.21. The quantitative estimate of drug-likeness (QED) is 0.884. The van der Waals surface area contributed by atoms with Crippen molar-refractivity contribution in [2.45, 2.75) is 32.5 Å². The van der Waals surface area contributed by atoms with Gasteiger partial charge in [0.1, 0.15) is 5.54 Å². The van der Waals surface area contributed by atoms with Gasteiger partial charge in [-0.3, -0.25) is 10.1 Å². The fraction of sp³-hybridized carbons (Fsp3) is 0.462. The maximum absolute atomic E-state index is 12.3. The van der Waals surface area contributed by atoms with Crippen molar-refractivity contribution in [3.05, 3.63) is 34.9 Å². The highest BCUT2D eigenvalue weighted by atomic mass is 19.4. The molecule has 0 spiro atoms. The SMILES string of the molecule is Cc1cc(C)cc(C(C)(NCC(F)(F)F)C(N)=O)c1. The molecule has 0 aromatic heterocycles. The fourth-order valence-corrected chi connectivity index (χ4v) is 1.87. The summed E-state index contributed by atoms with van der Waals surface area (Å²) >= 11 is 0. The molecule has 1 unspecified atom stereocenters. The van der Waals surface area contributed by atoms with Gasteiger partial charge in [0.05, 0.1) is 6.54 Å². The van der Waals surface area contributed by atoms with Crippen molar-refractivity contribution in [2.75, 3.05) is 6.54 Å². The summed E-state index contributed by atoms with van der Waals surface area (Å²) in [5.74, 6) is -0.846. The Morgan fingerprint density at radius 2 is 1.68 bits per heavy atom. The zero-order valence-corrected chi connectivity index (χ0v) is 11.1. The van der Waals surface area contributed by atoms with Gasteiger partial charge in [0.15, 0.2) is 0 Å². The predicted octanol–water partition coefficient (Wildman–Crippen LogP) is 2.16. The van der Waals surface area contributed by atoms with Crippen molar-refractivity contribution in [3.63, 3.8) is 0 Å². The molecule has 0 heterocycles. The van der Waals surface area contributed by atoms with Gasteiger partial charge in [0.25, 0.3) is 0 Å². The minimum Gasteiger partial charge on any atom is -0.368 e. The minimum absolute atomic E-state index is 0.432. The zero-order chi connectivity index (χ0) is 14.8. The molecule has 3 N–H and O–H groups in total. The summed E-state index contributed by atoms with van der Waals surface area (Å²) in [6.07, 6.45) is -4.41. The molecule has 1 aromatic carbocycles. The van der Waals surface area contributed by atoms with E-state index >= 15 is 0 Å². The number of hydrogen-bond acceptors (Lipinski definition) is 2. The second-order valence-electron chi connectivity index (χ2n) is 4.83. The molecule has 0 aliphatic carbocycles. The summed E-state index contributed by atoms with van der Waals surface area (Å²) in [4.78, 5) is 11.6. The lowest BCUT2D eigenvalue weighted by Crippen LogP contribution is -2.53. The van der Waals surface area contributed by atoms with Crippen molar-refractivity contribution in [2.24, 2.45) is 5.73 Å². The van der Waals surface area contributed by atoms with Crippen molar-refractivity contribution in [1.29, 1.82) is 0 Å². The van der Waals surface area contributed by atoms with Gasteiger partial charge in [-0.25, -0.2) is 0 Å². The number of halogens is 3. The number of rotatable bonds is 4. The molecule has 1 atom stereocenters. The Kier molecular flexibility index (Phi) is 4.25. The molecule has 6 heteroatoms. The summed E-state index contributed by atoms with van der Waals surface area (Å²) in [6.45, 7) is 3.69. The number of alkyl halides is 3. The number of hydrogen-bond donors (Lipinski definition) is 2. The summed E-state index contributed by atoms with van der Waals surface area (Å²) < 4.78 is 36.9. The van der Waals surface area contributed by atoms with Crippen molar-refractivity contribution in [3.8, 4) is 0 Å². The highest BCUT2D eigenvalue weighted by Gasteiger charge is 2.38. The summed E-state index contributed by atoms with van der Waals surface area (Å²) in [6, 6.07) is 5.18. The van der Waals surface area contributed by atoms with Crippen LogP contribution in [-0.2, 0) is 10.3 Å². The van der Waals surface area contributed by atoms with E-state index in [0.717, 1.165) is 11.1 Å². The average molecular weight is 274 g/mol. The van der Waals surface area contributed by atoms with Crippen LogP contribution in [0.1, 0.15) is 23.6 Å². The van der Waals surface area contributed by atoms with Crippen molar-refractivity contribution < 1.29 is 18.0 Å². The molecular weight excluding hydrogens is 257 g/mol. The van der Waals surface area contributed by atoms with Gasteiger partial charge in [-0.05, 0) is 26.3 Å². The maximum Gasteiger partial charge on any atom is 0.401 e. The van der Waals surface area contributed by atoms with E-state index in [0.29, 0.717) is 5.56 Å². The number of nitrogens with two attached hydrogens (primary N) is 1. The minimum atomic E-state index is -4.41. The molecule has 0 fully saturated rings. The number of carbonyl (C=O) groups is 1. The second-order valence-corrected chi connectivity index (χ2v) is 4.83. The van der Waals surface area contributed by atoms with Crippen molar-refractivity contribution in [1.82, 2.24) is 5.32 Å². The van der Waals surface area contributed by atoms with Crippen LogP contribution in [0.25, 0.3) is 0 Å². The summed E-state index contributed by atoms with van der Waals surface area (Å²) in [7, 11) is 0. The number of aryl methyl sites for hydroxylation is 2. The van der Waals surface area contributed by atoms with Gasteiger partial charge in [-0.15, -0.1) is 0 Å². The van der Waals surface area contributed by atoms with E-state index in [2.05, 4.69) is 5.32 Å².